The Labute approximate surface area is 136 Å². The first-order valence-corrected chi connectivity index (χ1v) is 8.97. The molecule has 0 unspecified atom stereocenters. The number of aryl methyl sites for hydroxylation is 2. The Morgan fingerprint density at radius 1 is 1.36 bits per heavy atom. The molecule has 22 heavy (non-hydrogen) atoms. The Kier molecular flexibility index (Phi) is 4.57. The highest BCUT2D eigenvalue weighted by molar-refractivity contribution is 7.12. The lowest BCUT2D eigenvalue weighted by Crippen LogP contribution is -2.48. The number of carbonyl (C=O) groups is 1. The number of rotatable bonds is 3. The second-order valence-electron chi connectivity index (χ2n) is 7.00. The molecule has 2 aliphatic rings. The molecule has 2 heterocycles. The van der Waals surface area contributed by atoms with Gasteiger partial charge in [0, 0.05) is 36.3 Å². The molecule has 4 nitrogen and oxygen atoms in total. The maximum atomic E-state index is 11.3. The largest absolute Gasteiger partial charge is 0.391 e. The highest BCUT2D eigenvalue weighted by Crippen LogP contribution is 2.37. The van der Waals surface area contributed by atoms with E-state index in [1.54, 1.807) is 0 Å². The molecular weight excluding hydrogens is 296 g/mol. The third-order valence-electron chi connectivity index (χ3n) is 5.14. The number of nitrogens with one attached hydrogen (secondary N) is 1. The number of aliphatic hydroxyl groups excluding tert-OH is 1. The number of likely N-dealkylation sites (tertiary alicyclic amines) is 1. The zero-order valence-electron chi connectivity index (χ0n) is 13.6. The van der Waals surface area contributed by atoms with Crippen molar-refractivity contribution in [1.82, 2.24) is 10.2 Å². The second-order valence-corrected chi connectivity index (χ2v) is 8.46. The zero-order chi connectivity index (χ0) is 15.9. The van der Waals surface area contributed by atoms with Crippen LogP contribution in [0.4, 0.5) is 0 Å². The molecule has 5 heteroatoms. The summed E-state index contributed by atoms with van der Waals surface area (Å²) >= 11 is 1.87. The van der Waals surface area contributed by atoms with Crippen LogP contribution >= 0.6 is 11.3 Å². The topological polar surface area (TPSA) is 52.6 Å². The zero-order valence-corrected chi connectivity index (χ0v) is 14.4. The first-order valence-electron chi connectivity index (χ1n) is 8.15. The van der Waals surface area contributed by atoms with E-state index in [-0.39, 0.29) is 11.9 Å². The molecule has 1 saturated heterocycles. The summed E-state index contributed by atoms with van der Waals surface area (Å²) in [5, 5.41) is 13.2. The minimum Gasteiger partial charge on any atom is -0.391 e. The SMILES string of the molecule is CC(=O)N[C@@H]1C[C@@H]2CN(Cc3cc(C)sc3C)C[C@@H]2C[C@H]1O. The molecule has 1 saturated carbocycles. The van der Waals surface area contributed by atoms with Crippen molar-refractivity contribution in [2.24, 2.45) is 11.8 Å². The number of nitrogens with zero attached hydrogens (tertiary/aromatic N) is 1. The predicted octanol–water partition coefficient (Wildman–Crippen LogP) is 2.07. The van der Waals surface area contributed by atoms with Crippen LogP contribution in [0.15, 0.2) is 6.07 Å². The number of hydrogen-bond acceptors (Lipinski definition) is 4. The highest BCUT2D eigenvalue weighted by atomic mass is 32.1. The van der Waals surface area contributed by atoms with Crippen molar-refractivity contribution >= 4 is 17.2 Å². The molecule has 0 radical (unpaired) electrons. The van der Waals surface area contributed by atoms with Crippen molar-refractivity contribution in [1.29, 1.82) is 0 Å². The smallest absolute Gasteiger partial charge is 0.217 e. The van der Waals surface area contributed by atoms with Crippen molar-refractivity contribution in [2.75, 3.05) is 13.1 Å². The minimum atomic E-state index is -0.393. The molecule has 4 atom stereocenters. The van der Waals surface area contributed by atoms with Gasteiger partial charge in [-0.2, -0.15) is 0 Å². The third-order valence-corrected chi connectivity index (χ3v) is 6.15. The average Bonchev–Trinajstić information content (AvgIpc) is 2.92. The molecule has 2 N–H and O–H groups in total. The molecule has 1 aliphatic carbocycles. The van der Waals surface area contributed by atoms with E-state index in [4.69, 9.17) is 0 Å². The van der Waals surface area contributed by atoms with Crippen LogP contribution in [0.2, 0.25) is 0 Å². The van der Waals surface area contributed by atoms with Crippen LogP contribution in [-0.4, -0.2) is 41.1 Å². The molecule has 0 aromatic carbocycles. The number of hydrogen-bond donors (Lipinski definition) is 2. The fraction of sp³-hybridized carbons (Fsp3) is 0.706. The molecule has 1 aromatic heterocycles. The summed E-state index contributed by atoms with van der Waals surface area (Å²) in [7, 11) is 0. The molecule has 0 bridgehead atoms. The minimum absolute atomic E-state index is 0.0401. The van der Waals surface area contributed by atoms with Gasteiger partial charge in [0.25, 0.3) is 0 Å². The molecular formula is C17H26N2O2S. The molecule has 1 amide bonds. The summed E-state index contributed by atoms with van der Waals surface area (Å²) in [6, 6.07) is 2.24. The Morgan fingerprint density at radius 2 is 2.05 bits per heavy atom. The van der Waals surface area contributed by atoms with E-state index < -0.39 is 6.10 Å². The maximum absolute atomic E-state index is 11.3. The number of thiophene rings is 1. The molecule has 122 valence electrons. The Bertz CT molecular complexity index is 557. The van der Waals surface area contributed by atoms with Crippen molar-refractivity contribution < 1.29 is 9.90 Å². The van der Waals surface area contributed by atoms with Crippen molar-refractivity contribution in [3.05, 3.63) is 21.4 Å². The van der Waals surface area contributed by atoms with E-state index in [0.29, 0.717) is 11.8 Å². The van der Waals surface area contributed by atoms with Gasteiger partial charge in [-0.15, -0.1) is 11.3 Å². The van der Waals surface area contributed by atoms with Gasteiger partial charge in [-0.1, -0.05) is 0 Å². The highest BCUT2D eigenvalue weighted by Gasteiger charge is 2.41. The molecule has 1 aliphatic heterocycles. The van der Waals surface area contributed by atoms with Crippen LogP contribution in [-0.2, 0) is 11.3 Å². The quantitative estimate of drug-likeness (QED) is 0.896. The van der Waals surface area contributed by atoms with E-state index >= 15 is 0 Å². The monoisotopic (exact) mass is 322 g/mol. The third kappa shape index (κ3) is 3.36. The Morgan fingerprint density at radius 3 is 2.64 bits per heavy atom. The lowest BCUT2D eigenvalue weighted by Gasteiger charge is -2.35. The van der Waals surface area contributed by atoms with Crippen LogP contribution in [0, 0.1) is 25.7 Å². The van der Waals surface area contributed by atoms with Gasteiger partial charge < -0.3 is 10.4 Å². The number of fused-ring (bicyclic) bond motifs is 1. The van der Waals surface area contributed by atoms with Gasteiger partial charge in [-0.3, -0.25) is 9.69 Å². The summed E-state index contributed by atoms with van der Waals surface area (Å²) in [6.07, 6.45) is 1.33. The van der Waals surface area contributed by atoms with Gasteiger partial charge in [0.1, 0.15) is 0 Å². The fourth-order valence-electron chi connectivity index (χ4n) is 4.15. The summed E-state index contributed by atoms with van der Waals surface area (Å²) in [5.74, 6) is 1.13. The van der Waals surface area contributed by atoms with Crippen LogP contribution in [0.5, 0.6) is 0 Å². The number of aliphatic hydroxyl groups is 1. The van der Waals surface area contributed by atoms with Crippen LogP contribution in [0.3, 0.4) is 0 Å². The van der Waals surface area contributed by atoms with Crippen molar-refractivity contribution in [2.45, 2.75) is 52.3 Å². The summed E-state index contributed by atoms with van der Waals surface area (Å²) in [6.45, 7) is 9.07. The van der Waals surface area contributed by atoms with Gasteiger partial charge >= 0.3 is 0 Å². The number of amides is 1. The fourth-order valence-corrected chi connectivity index (χ4v) is 5.09. The second kappa shape index (κ2) is 6.30. The van der Waals surface area contributed by atoms with E-state index in [9.17, 15) is 9.90 Å². The average molecular weight is 322 g/mol. The summed E-state index contributed by atoms with van der Waals surface area (Å²) in [4.78, 5) is 16.6. The molecule has 3 rings (SSSR count). The first kappa shape index (κ1) is 16.0. The molecule has 2 fully saturated rings. The molecule has 0 spiro atoms. The van der Waals surface area contributed by atoms with E-state index in [1.165, 1.54) is 22.2 Å². The van der Waals surface area contributed by atoms with Crippen LogP contribution < -0.4 is 5.32 Å². The van der Waals surface area contributed by atoms with Crippen molar-refractivity contribution in [3.63, 3.8) is 0 Å². The van der Waals surface area contributed by atoms with Gasteiger partial charge in [0.05, 0.1) is 12.1 Å². The molecule has 1 aromatic rings. The van der Waals surface area contributed by atoms with Gasteiger partial charge in [-0.25, -0.2) is 0 Å². The van der Waals surface area contributed by atoms with Gasteiger partial charge in [0.15, 0.2) is 0 Å². The lowest BCUT2D eigenvalue weighted by molar-refractivity contribution is -0.121. The Hall–Kier alpha value is -0.910. The maximum Gasteiger partial charge on any atom is 0.217 e. The van der Waals surface area contributed by atoms with Gasteiger partial charge in [-0.05, 0) is 50.2 Å². The van der Waals surface area contributed by atoms with Crippen LogP contribution in [0.25, 0.3) is 0 Å². The first-order chi connectivity index (χ1) is 10.4. The summed E-state index contributed by atoms with van der Waals surface area (Å²) < 4.78 is 0. The van der Waals surface area contributed by atoms with E-state index in [2.05, 4.69) is 30.1 Å². The Balaban J connectivity index is 1.62. The van der Waals surface area contributed by atoms with Crippen molar-refractivity contribution in [3.8, 4) is 0 Å². The van der Waals surface area contributed by atoms with Gasteiger partial charge in [0.2, 0.25) is 5.91 Å². The van der Waals surface area contributed by atoms with E-state index in [0.717, 1.165) is 32.5 Å². The predicted molar refractivity (Wildman–Crippen MR) is 88.9 cm³/mol. The van der Waals surface area contributed by atoms with Crippen LogP contribution in [0.1, 0.15) is 35.1 Å². The standard InChI is InChI=1S/C17H26N2O2S/c1-10-4-13(11(2)22-10)7-19-8-14-5-16(18-12(3)20)17(21)6-15(14)9-19/h4,14-17,21H,5-9H2,1-3H3,(H,18,20)/t14-,15+,16-,17-/m1/s1. The number of carbonyl (C=O) groups excluding carboxylic acids is 1. The van der Waals surface area contributed by atoms with E-state index in [1.807, 2.05) is 11.3 Å². The lowest BCUT2D eigenvalue weighted by atomic mass is 9.77. The normalized spacial score (nSPS) is 32.0. The summed E-state index contributed by atoms with van der Waals surface area (Å²) in [5.41, 5.74) is 1.44.